The highest BCUT2D eigenvalue weighted by Crippen LogP contribution is 2.34. The van der Waals surface area contributed by atoms with Crippen molar-refractivity contribution in [2.24, 2.45) is 10.8 Å². The number of amides is 5. The van der Waals surface area contributed by atoms with Crippen LogP contribution in [0.25, 0.3) is 22.3 Å². The number of rotatable bonds is 13. The van der Waals surface area contributed by atoms with Crippen LogP contribution < -0.4 is 26.6 Å². The topological polar surface area (TPSA) is 196 Å². The molecule has 352 valence electrons. The third-order valence-corrected chi connectivity index (χ3v) is 11.6. The molecule has 16 heteroatoms. The van der Waals surface area contributed by atoms with Crippen molar-refractivity contribution in [2.45, 2.75) is 93.2 Å². The fraction of sp³-hybridized carbons (Fsp3) is 0.353. The fourth-order valence-corrected chi connectivity index (χ4v) is 7.25. The number of hydrogen-bond acceptors (Lipinski definition) is 8. The van der Waals surface area contributed by atoms with Crippen molar-refractivity contribution in [2.75, 3.05) is 18.4 Å². The molecule has 0 saturated heterocycles. The monoisotopic (exact) mass is 934 g/mol. The lowest BCUT2D eigenvalue weighted by atomic mass is 9.91. The van der Waals surface area contributed by atoms with Crippen molar-refractivity contribution in [1.29, 1.82) is 0 Å². The number of benzene rings is 4. The van der Waals surface area contributed by atoms with Crippen LogP contribution in [0.5, 0.6) is 0 Å². The van der Waals surface area contributed by atoms with Gasteiger partial charge in [-0.05, 0) is 132 Å². The van der Waals surface area contributed by atoms with Crippen LogP contribution in [-0.2, 0) is 0 Å². The molecule has 5 amide bonds. The van der Waals surface area contributed by atoms with Crippen molar-refractivity contribution in [3.05, 3.63) is 128 Å². The number of carboxylic acids is 1. The molecule has 0 spiro atoms. The molecule has 2 saturated carbocycles. The number of nitrogens with zero attached hydrogens (tertiary/aromatic N) is 1. The Bertz CT molecular complexity index is 2730. The molecule has 0 aliphatic heterocycles. The highest BCUT2D eigenvalue weighted by atomic mass is 32.1. The first kappa shape index (κ1) is 49.6. The van der Waals surface area contributed by atoms with E-state index in [0.29, 0.717) is 46.0 Å². The molecule has 0 bridgehead atoms. The van der Waals surface area contributed by atoms with E-state index in [2.05, 4.69) is 31.6 Å². The van der Waals surface area contributed by atoms with E-state index in [-0.39, 0.29) is 79.6 Å². The molecular weight excluding hydrogens is 879 g/mol. The zero-order valence-corrected chi connectivity index (χ0v) is 39.7. The van der Waals surface area contributed by atoms with Gasteiger partial charge >= 0.3 is 5.97 Å². The Labute approximate surface area is 392 Å². The first-order chi connectivity index (χ1) is 31.5. The number of carboxylic acid groups (broad SMARTS) is 1. The highest BCUT2D eigenvalue weighted by Gasteiger charge is 2.28. The lowest BCUT2D eigenvalue weighted by Crippen LogP contribution is -2.32. The summed E-state index contributed by atoms with van der Waals surface area (Å²) in [6, 6.07) is 14.7. The van der Waals surface area contributed by atoms with Crippen molar-refractivity contribution in [3.63, 3.8) is 0 Å². The van der Waals surface area contributed by atoms with Gasteiger partial charge in [0.2, 0.25) is 0 Å². The Kier molecular flexibility index (Phi) is 15.1. The highest BCUT2D eigenvalue weighted by molar-refractivity contribution is 7.13. The first-order valence-corrected chi connectivity index (χ1v) is 22.9. The van der Waals surface area contributed by atoms with E-state index in [4.69, 9.17) is 0 Å². The van der Waals surface area contributed by atoms with Crippen LogP contribution in [0.3, 0.4) is 0 Å². The second kappa shape index (κ2) is 20.4. The summed E-state index contributed by atoms with van der Waals surface area (Å²) in [6.07, 6.45) is 5.18. The predicted molar refractivity (Wildman–Crippen MR) is 255 cm³/mol. The summed E-state index contributed by atoms with van der Waals surface area (Å²) in [7, 11) is 0. The van der Waals surface area contributed by atoms with Gasteiger partial charge in [0.25, 0.3) is 29.5 Å². The SMILES string of the molecule is Cc1c(F)cc(C(=O)NC2CC2)cc1-c1ccc(C(=O)NCC(C)(C)C)cc1C(=O)Nc1nccs1.Cc1c(F)cc(C(=O)NC2CC2)cc1-c1ccc(C(=O)NCC(C)(C)C)cc1C(=O)O. The van der Waals surface area contributed by atoms with Crippen LogP contribution in [-0.4, -0.2) is 70.8 Å². The van der Waals surface area contributed by atoms with E-state index >= 15 is 0 Å². The van der Waals surface area contributed by atoms with Crippen LogP contribution in [0.4, 0.5) is 13.9 Å². The Morgan fingerprint density at radius 1 is 0.597 bits per heavy atom. The minimum atomic E-state index is -1.24. The van der Waals surface area contributed by atoms with E-state index in [1.807, 2.05) is 41.5 Å². The fourth-order valence-electron chi connectivity index (χ4n) is 6.72. The smallest absolute Gasteiger partial charge is 0.336 e. The number of thiazole rings is 1. The molecule has 67 heavy (non-hydrogen) atoms. The molecule has 2 aliphatic carbocycles. The normalized spacial score (nSPS) is 13.4. The van der Waals surface area contributed by atoms with Gasteiger partial charge in [-0.3, -0.25) is 29.3 Å². The number of nitrogens with one attached hydrogen (secondary N) is 5. The molecule has 1 aromatic heterocycles. The first-order valence-electron chi connectivity index (χ1n) is 22.0. The molecule has 13 nitrogen and oxygen atoms in total. The molecule has 6 N–H and O–H groups in total. The minimum absolute atomic E-state index is 0.112. The molecule has 4 aromatic carbocycles. The lowest BCUT2D eigenvalue weighted by Gasteiger charge is -2.19. The third-order valence-electron chi connectivity index (χ3n) is 10.9. The van der Waals surface area contributed by atoms with Crippen molar-refractivity contribution in [3.8, 4) is 22.3 Å². The van der Waals surface area contributed by atoms with Gasteiger partial charge < -0.3 is 26.4 Å². The van der Waals surface area contributed by atoms with E-state index in [1.54, 1.807) is 36.7 Å². The summed E-state index contributed by atoms with van der Waals surface area (Å²) in [5.41, 5.74) is 2.51. The van der Waals surface area contributed by atoms with Crippen molar-refractivity contribution in [1.82, 2.24) is 26.3 Å². The summed E-state index contributed by atoms with van der Waals surface area (Å²) in [5, 5.41) is 26.0. The lowest BCUT2D eigenvalue weighted by molar-refractivity contribution is 0.0696. The maximum Gasteiger partial charge on any atom is 0.336 e. The van der Waals surface area contributed by atoms with E-state index < -0.39 is 29.4 Å². The summed E-state index contributed by atoms with van der Waals surface area (Å²) in [6.45, 7) is 16.0. The second-order valence-corrected chi connectivity index (χ2v) is 20.3. The molecule has 0 radical (unpaired) electrons. The molecule has 7 rings (SSSR count). The Morgan fingerprint density at radius 2 is 1.03 bits per heavy atom. The number of carbonyl (C=O) groups is 6. The number of halogens is 2. The quantitative estimate of drug-likeness (QED) is 0.0672. The predicted octanol–water partition coefficient (Wildman–Crippen LogP) is 9.35. The van der Waals surface area contributed by atoms with Crippen LogP contribution >= 0.6 is 11.3 Å². The number of hydrogen-bond donors (Lipinski definition) is 6. The number of aromatic carboxylic acids is 1. The Morgan fingerprint density at radius 3 is 1.42 bits per heavy atom. The van der Waals surface area contributed by atoms with Crippen LogP contribution in [0, 0.1) is 36.3 Å². The van der Waals surface area contributed by atoms with Gasteiger partial charge in [0.1, 0.15) is 11.6 Å². The molecular formula is C51H56F2N6O7S. The molecule has 1 heterocycles. The van der Waals surface area contributed by atoms with E-state index in [0.717, 1.165) is 31.7 Å². The molecule has 2 aliphatic rings. The van der Waals surface area contributed by atoms with Gasteiger partial charge in [-0.1, -0.05) is 53.7 Å². The van der Waals surface area contributed by atoms with Gasteiger partial charge in [0, 0.05) is 64.6 Å². The number of aromatic nitrogens is 1. The maximum atomic E-state index is 14.9. The number of carbonyl (C=O) groups excluding carboxylic acids is 5. The summed E-state index contributed by atoms with van der Waals surface area (Å²) < 4.78 is 29.5. The van der Waals surface area contributed by atoms with Gasteiger partial charge in [-0.2, -0.15) is 0 Å². The third kappa shape index (κ3) is 13.4. The Balaban J connectivity index is 0.000000224. The summed E-state index contributed by atoms with van der Waals surface area (Å²) in [5.74, 6) is -4.33. The molecule has 5 aromatic rings. The van der Waals surface area contributed by atoms with Gasteiger partial charge in [-0.25, -0.2) is 18.6 Å². The van der Waals surface area contributed by atoms with E-state index in [1.165, 1.54) is 54.7 Å². The average molecular weight is 935 g/mol. The van der Waals surface area contributed by atoms with Crippen LogP contribution in [0.15, 0.2) is 72.2 Å². The zero-order valence-electron chi connectivity index (χ0n) is 38.8. The van der Waals surface area contributed by atoms with Crippen molar-refractivity contribution >= 4 is 52.0 Å². The standard InChI is InChI=1S/C27H29FN4O3S.C24H27FN2O4/c1-15-20(12-17(13-22(15)28)24(34)31-18-6-7-18)19-8-5-16(23(33)30-14-27(2,3)4)11-21(19)25(35)32-26-29-9-10-36-26;1-13-18(10-15(11-20(13)25)22(29)27-16-6-7-16)17-8-5-14(9-19(17)23(30)31)21(28)26-12-24(2,3)4/h5,8-13,18H,6-7,14H2,1-4H3,(H,30,33)(H,31,34)(H,29,32,35);5,8-11,16H,6-7,12H2,1-4H3,(H,26,28)(H,27,29)(H,30,31). The van der Waals surface area contributed by atoms with Crippen LogP contribution in [0.2, 0.25) is 0 Å². The van der Waals surface area contributed by atoms with Gasteiger partial charge in [0.05, 0.1) is 5.56 Å². The molecule has 0 unspecified atom stereocenters. The largest absolute Gasteiger partial charge is 0.478 e. The zero-order chi connectivity index (χ0) is 49.0. The van der Waals surface area contributed by atoms with Gasteiger partial charge in [-0.15, -0.1) is 11.3 Å². The summed E-state index contributed by atoms with van der Waals surface area (Å²) in [4.78, 5) is 79.7. The molecule has 0 atom stereocenters. The van der Waals surface area contributed by atoms with Crippen LogP contribution in [0.1, 0.15) is 141 Å². The minimum Gasteiger partial charge on any atom is -0.478 e. The maximum absolute atomic E-state index is 14.9. The van der Waals surface area contributed by atoms with Gasteiger partial charge in [0.15, 0.2) is 5.13 Å². The molecule has 2 fully saturated rings. The average Bonchev–Trinajstić information content (AvgIpc) is 4.21. The second-order valence-electron chi connectivity index (χ2n) is 19.4. The number of anilines is 1. The Hall–Kier alpha value is -6.81. The van der Waals surface area contributed by atoms with Crippen molar-refractivity contribution < 1.29 is 42.7 Å². The summed E-state index contributed by atoms with van der Waals surface area (Å²) >= 11 is 1.26. The van der Waals surface area contributed by atoms with E-state index in [9.17, 15) is 42.7 Å².